The molecule has 1 amide bonds. The number of nitrogens with zero attached hydrogens (tertiary/aromatic N) is 1. The molecule has 2 N–H and O–H groups in total. The van der Waals surface area contributed by atoms with Crippen LogP contribution >= 0.6 is 0 Å². The molecule has 2 aromatic rings. The summed E-state index contributed by atoms with van der Waals surface area (Å²) in [6.45, 7) is -2.76. The summed E-state index contributed by atoms with van der Waals surface area (Å²) < 4.78 is 86.5. The van der Waals surface area contributed by atoms with Crippen LogP contribution in [-0.2, 0) is 17.5 Å². The quantitative estimate of drug-likeness (QED) is 0.886. The molecule has 1 saturated heterocycles. The zero-order valence-corrected chi connectivity index (χ0v) is 11.6. The zero-order chi connectivity index (χ0) is 23.7. The molecule has 0 unspecified atom stereocenters. The van der Waals surface area contributed by atoms with Crippen molar-refractivity contribution >= 4 is 17.0 Å². The second-order valence-electron chi connectivity index (χ2n) is 4.87. The number of carbonyl (C=O) groups excluding carboxylic acids is 1. The van der Waals surface area contributed by atoms with E-state index in [0.717, 1.165) is 4.98 Å². The topological polar surface area (TPSA) is 57.4 Å². The molecule has 1 aliphatic rings. The number of aromatic amines is 1. The van der Waals surface area contributed by atoms with Gasteiger partial charge in [0.15, 0.2) is 2.82 Å². The van der Waals surface area contributed by atoms with E-state index in [0.29, 0.717) is 18.5 Å². The molecule has 1 fully saturated rings. The molecule has 1 atom stereocenters. The van der Waals surface area contributed by atoms with Crippen molar-refractivity contribution in [2.24, 2.45) is 0 Å². The summed E-state index contributed by atoms with van der Waals surface area (Å²) in [7, 11) is 3.63. The van der Waals surface area contributed by atoms with Crippen LogP contribution in [0.2, 0.25) is 2.82 Å². The Kier molecular flexibility index (Phi) is 1.76. The van der Waals surface area contributed by atoms with E-state index in [4.69, 9.17) is 13.8 Å². The number of rotatable bonds is 5. The molecule has 2 heterocycles. The first kappa shape index (κ1) is 6.40. The van der Waals surface area contributed by atoms with E-state index in [1.54, 1.807) is 0 Å². The van der Waals surface area contributed by atoms with Crippen molar-refractivity contribution in [3.63, 3.8) is 0 Å². The van der Waals surface area contributed by atoms with Crippen LogP contribution in [0.1, 0.15) is 22.1 Å². The minimum Gasteiger partial charge on any atom is -0.447 e. The summed E-state index contributed by atoms with van der Waals surface area (Å²) in [5, 5.41) is -0.259. The molecule has 1 aliphatic heterocycles. The predicted octanol–water partition coefficient (Wildman–Crippen LogP) is 1.92. The van der Waals surface area contributed by atoms with Gasteiger partial charge in [-0.25, -0.2) is 4.79 Å². The molecule has 0 spiro atoms. The lowest BCUT2D eigenvalue weighted by Crippen LogP contribution is -2.28. The third kappa shape index (κ3) is 3.19. The van der Waals surface area contributed by atoms with Crippen LogP contribution in [0.15, 0.2) is 24.3 Å². The maximum absolute atomic E-state index is 11.8. The number of likely N-dealkylation sites (N-methyl/N-ethyl adjacent to an activating group) is 1. The number of fused-ring (bicyclic) bond motifs is 1. The molecule has 1 aromatic heterocycles. The fourth-order valence-electron chi connectivity index (χ4n) is 1.93. The lowest BCUT2D eigenvalue weighted by Gasteiger charge is -2.09. The summed E-state index contributed by atoms with van der Waals surface area (Å²) in [5.74, 6) is 0. The van der Waals surface area contributed by atoms with Gasteiger partial charge in [0, 0.05) is 26.4 Å². The summed E-state index contributed by atoms with van der Waals surface area (Å²) in [5.41, 5.74) is -0.471. The standard InChI is InChI=1S/C16H21N3O2/c1-19(2)6-5-12-9-17-15-4-3-11(8-14(12)15)7-13-10-21-16(20)18-13/h3-4,8-9,13,17H,5-7,10H2,1-2H3,(H,18,20)/t13-/m0/s1/i3D,4D,7D2,8D,10D2,13D/hD2. The fourth-order valence-corrected chi connectivity index (χ4v) is 1.93. The second-order valence-corrected chi connectivity index (χ2v) is 4.87. The Morgan fingerprint density at radius 1 is 1.67 bits per heavy atom. The highest BCUT2D eigenvalue weighted by molar-refractivity contribution is 5.84. The highest BCUT2D eigenvalue weighted by Crippen LogP contribution is 2.21. The molecule has 5 heteroatoms. The maximum atomic E-state index is 11.8. The second kappa shape index (κ2) is 5.77. The van der Waals surface area contributed by atoms with Crippen molar-refractivity contribution < 1.29 is 23.3 Å². The number of cyclic esters (lactones) is 1. The van der Waals surface area contributed by atoms with E-state index in [1.165, 1.54) is 6.20 Å². The normalized spacial score (nSPS) is 32.1. The Bertz CT molecular complexity index is 1070. The summed E-state index contributed by atoms with van der Waals surface area (Å²) in [4.78, 5) is 14.4. The van der Waals surface area contributed by atoms with Crippen molar-refractivity contribution in [3.05, 3.63) is 35.5 Å². The van der Waals surface area contributed by atoms with E-state index in [-0.39, 0.29) is 16.2 Å². The maximum Gasteiger partial charge on any atom is 0.407 e. The molecule has 1 aromatic carbocycles. The molecule has 0 saturated carbocycles. The van der Waals surface area contributed by atoms with Gasteiger partial charge in [-0.1, -0.05) is 6.04 Å². The molecule has 3 rings (SSSR count). The number of carbonyl (C=O) groups is 1. The van der Waals surface area contributed by atoms with E-state index in [9.17, 15) is 4.79 Å². The molecule has 0 radical (unpaired) electrons. The van der Waals surface area contributed by atoms with Gasteiger partial charge in [0.2, 0.25) is 0 Å². The first-order chi connectivity index (χ1) is 14.1. The first-order valence-corrected chi connectivity index (χ1v) is 6.39. The molecule has 21 heavy (non-hydrogen) atoms. The van der Waals surface area contributed by atoms with Gasteiger partial charge in [0.05, 0.1) is 14.2 Å². The van der Waals surface area contributed by atoms with Crippen molar-refractivity contribution in [1.29, 1.82) is 0 Å². The number of ether oxygens (including phenoxy) is 1. The molecular weight excluding hydrogens is 266 g/mol. The van der Waals surface area contributed by atoms with Gasteiger partial charge in [-0.15, -0.1) is 0 Å². The van der Waals surface area contributed by atoms with Crippen molar-refractivity contribution in [1.82, 2.24) is 15.2 Å². The molecular formula is C16H21N3O2. The van der Waals surface area contributed by atoms with Crippen LogP contribution in [0.4, 0.5) is 4.79 Å². The van der Waals surface area contributed by atoms with Gasteiger partial charge in [0.25, 0.3) is 0 Å². The van der Waals surface area contributed by atoms with Gasteiger partial charge < -0.3 is 19.9 Å². The molecule has 0 aliphatic carbocycles. The van der Waals surface area contributed by atoms with Crippen LogP contribution in [0, 0.1) is 0 Å². The Labute approximate surface area is 138 Å². The van der Waals surface area contributed by atoms with Gasteiger partial charge >= 0.3 is 6.09 Å². The van der Waals surface area contributed by atoms with Crippen molar-refractivity contribution in [2.45, 2.75) is 18.8 Å². The minimum absolute atomic E-state index is 0.0302. The van der Waals surface area contributed by atoms with Gasteiger partial charge in [-0.3, -0.25) is 0 Å². The van der Waals surface area contributed by atoms with Crippen LogP contribution in [0.5, 0.6) is 0 Å². The summed E-state index contributed by atoms with van der Waals surface area (Å²) >= 11 is 0. The minimum atomic E-state index is -3.30. The first-order valence-electron chi connectivity index (χ1n) is 11.3. The lowest BCUT2D eigenvalue weighted by atomic mass is 10.0. The number of aromatic nitrogens is 1. The number of hydrogen-bond acceptors (Lipinski definition) is 3. The molecule has 0 bridgehead atoms. The van der Waals surface area contributed by atoms with E-state index < -0.39 is 48.7 Å². The van der Waals surface area contributed by atoms with Crippen molar-refractivity contribution in [2.75, 3.05) is 27.2 Å². The van der Waals surface area contributed by atoms with E-state index in [1.807, 2.05) is 19.0 Å². The summed E-state index contributed by atoms with van der Waals surface area (Å²) in [6, 6.07) is -5.31. The summed E-state index contributed by atoms with van der Waals surface area (Å²) in [6.07, 6.45) is -3.17. The van der Waals surface area contributed by atoms with Crippen LogP contribution in [0.25, 0.3) is 10.9 Å². The Balaban J connectivity index is 2.34. The van der Waals surface area contributed by atoms with Crippen LogP contribution < -0.4 is 5.31 Å². The predicted molar refractivity (Wildman–Crippen MR) is 82.5 cm³/mol. The average Bonchev–Trinajstić information content (AvgIpc) is 3.06. The van der Waals surface area contributed by atoms with Gasteiger partial charge in [-0.05, 0) is 50.1 Å². The van der Waals surface area contributed by atoms with Crippen LogP contribution in [0.3, 0.4) is 0 Å². The number of nitrogens with one attached hydrogen (secondary N) is 2. The van der Waals surface area contributed by atoms with E-state index in [2.05, 4.69) is 4.74 Å². The third-order valence-electron chi connectivity index (χ3n) is 2.97. The lowest BCUT2D eigenvalue weighted by molar-refractivity contribution is 0.177. The largest absolute Gasteiger partial charge is 0.447 e. The Morgan fingerprint density at radius 2 is 2.52 bits per heavy atom. The third-order valence-corrected chi connectivity index (χ3v) is 2.97. The monoisotopic (exact) mass is 297 g/mol. The number of H-pyrrole nitrogens is 1. The van der Waals surface area contributed by atoms with Gasteiger partial charge in [0.1, 0.15) is 6.56 Å². The van der Waals surface area contributed by atoms with E-state index >= 15 is 0 Å². The number of hydrogen-bond donors (Lipinski definition) is 2. The molecule has 112 valence electrons. The smallest absolute Gasteiger partial charge is 0.407 e. The zero-order valence-electron chi connectivity index (χ0n) is 21.6. The highest BCUT2D eigenvalue weighted by atomic mass is 16.6. The average molecular weight is 297 g/mol. The van der Waals surface area contributed by atoms with Crippen molar-refractivity contribution in [3.8, 4) is 0 Å². The number of amides is 1. The highest BCUT2D eigenvalue weighted by Gasteiger charge is 2.22. The van der Waals surface area contributed by atoms with Crippen LogP contribution in [-0.4, -0.2) is 49.2 Å². The number of benzene rings is 1. The molecule has 5 nitrogen and oxygen atoms in total. The number of alkyl carbamates (subject to hydrolysis) is 1. The Morgan fingerprint density at radius 3 is 3.24 bits per heavy atom. The SMILES string of the molecule is [2H]c1c(C([2H])([2H])[C@]2([2H])N([2H])C(=O)OC2([2H])[2H])c([2H])c2c(CCN(C)C)cn([2H])c2c1[2H]. The van der Waals surface area contributed by atoms with Gasteiger partial charge in [-0.2, -0.15) is 0 Å². The Hall–Kier alpha value is -2.01. The fraction of sp³-hybridized carbons (Fsp3) is 0.438.